The summed E-state index contributed by atoms with van der Waals surface area (Å²) in [4.78, 5) is 33.1. The molecule has 6 nitrogen and oxygen atoms in total. The molecule has 2 unspecified atom stereocenters. The average Bonchev–Trinajstić information content (AvgIpc) is 3.42. The van der Waals surface area contributed by atoms with Gasteiger partial charge in [-0.3, -0.25) is 14.5 Å². The van der Waals surface area contributed by atoms with E-state index >= 15 is 0 Å². The normalized spacial score (nSPS) is 23.3. The monoisotopic (exact) mass is 482 g/mol. The second-order valence-corrected chi connectivity index (χ2v) is 10.9. The topological polar surface area (TPSA) is 55.9 Å². The number of hydrogen-bond donors (Lipinski definition) is 1. The Hall–Kier alpha value is -1.92. The van der Waals surface area contributed by atoms with Gasteiger partial charge in [-0.15, -0.1) is 0 Å². The molecule has 194 valence electrons. The predicted octanol–water partition coefficient (Wildman–Crippen LogP) is 3.70. The number of carbonyl (C=O) groups is 2. The van der Waals surface area contributed by atoms with Crippen molar-refractivity contribution in [2.75, 3.05) is 45.8 Å². The summed E-state index contributed by atoms with van der Waals surface area (Å²) in [5.74, 6) is 0.909. The van der Waals surface area contributed by atoms with Crippen molar-refractivity contribution >= 4 is 11.8 Å². The molecule has 4 rings (SSSR count). The minimum atomic E-state index is -0.0343. The molecule has 1 aliphatic carbocycles. The van der Waals surface area contributed by atoms with Gasteiger partial charge in [0.2, 0.25) is 11.8 Å². The SMILES string of the molecule is CC1CCCCN1CCCNC(=O)C(C1CCCC1)N1CCN(C(=O)CCc2ccccc2)CC1. The largest absolute Gasteiger partial charge is 0.355 e. The van der Waals surface area contributed by atoms with E-state index in [0.717, 1.165) is 65.0 Å². The van der Waals surface area contributed by atoms with E-state index in [9.17, 15) is 9.59 Å². The van der Waals surface area contributed by atoms with E-state index in [0.29, 0.717) is 18.4 Å². The summed E-state index contributed by atoms with van der Waals surface area (Å²) < 4.78 is 0. The fourth-order valence-corrected chi connectivity index (χ4v) is 6.34. The molecule has 1 aromatic carbocycles. The highest BCUT2D eigenvalue weighted by molar-refractivity contribution is 5.82. The molecular formula is C29H46N4O2. The van der Waals surface area contributed by atoms with Crippen molar-refractivity contribution < 1.29 is 9.59 Å². The molecule has 2 saturated heterocycles. The van der Waals surface area contributed by atoms with Gasteiger partial charge in [0.15, 0.2) is 0 Å². The van der Waals surface area contributed by atoms with Crippen LogP contribution < -0.4 is 5.32 Å². The lowest BCUT2D eigenvalue weighted by molar-refractivity contribution is -0.135. The molecule has 0 spiro atoms. The zero-order valence-electron chi connectivity index (χ0n) is 21.8. The Kier molecular flexibility index (Phi) is 10.0. The summed E-state index contributed by atoms with van der Waals surface area (Å²) >= 11 is 0. The van der Waals surface area contributed by atoms with Crippen LogP contribution in [-0.4, -0.2) is 84.4 Å². The van der Waals surface area contributed by atoms with Crippen LogP contribution in [0.2, 0.25) is 0 Å². The van der Waals surface area contributed by atoms with Crippen molar-refractivity contribution in [1.29, 1.82) is 0 Å². The lowest BCUT2D eigenvalue weighted by Gasteiger charge is -2.41. The van der Waals surface area contributed by atoms with E-state index in [1.807, 2.05) is 23.1 Å². The number of carbonyl (C=O) groups excluding carboxylic acids is 2. The Bertz CT molecular complexity index is 787. The molecule has 2 heterocycles. The smallest absolute Gasteiger partial charge is 0.237 e. The molecule has 1 N–H and O–H groups in total. The molecule has 0 bridgehead atoms. The first-order valence-corrected chi connectivity index (χ1v) is 14.2. The van der Waals surface area contributed by atoms with E-state index in [-0.39, 0.29) is 17.9 Å². The minimum absolute atomic E-state index is 0.0343. The number of nitrogens with zero attached hydrogens (tertiary/aromatic N) is 3. The number of aryl methyl sites for hydroxylation is 1. The molecular weight excluding hydrogens is 436 g/mol. The molecule has 2 atom stereocenters. The molecule has 1 saturated carbocycles. The first-order valence-electron chi connectivity index (χ1n) is 14.2. The fourth-order valence-electron chi connectivity index (χ4n) is 6.34. The van der Waals surface area contributed by atoms with Crippen LogP contribution in [0.25, 0.3) is 0 Å². The molecule has 3 fully saturated rings. The Labute approximate surface area is 212 Å². The maximum Gasteiger partial charge on any atom is 0.237 e. The number of likely N-dealkylation sites (tertiary alicyclic amines) is 1. The number of piperidine rings is 1. The van der Waals surface area contributed by atoms with Gasteiger partial charge in [0.25, 0.3) is 0 Å². The molecule has 6 heteroatoms. The standard InChI is InChI=1S/C29H46N4O2/c1-24-10-7-8-18-31(24)19-9-17-30-29(35)28(26-13-5-6-14-26)33-22-20-32(21-23-33)27(34)16-15-25-11-3-2-4-12-25/h2-4,11-12,24,26,28H,5-10,13-23H2,1H3,(H,30,35). The summed E-state index contributed by atoms with van der Waals surface area (Å²) in [5, 5.41) is 3.30. The van der Waals surface area contributed by atoms with Crippen LogP contribution in [-0.2, 0) is 16.0 Å². The van der Waals surface area contributed by atoms with Crippen LogP contribution in [0.15, 0.2) is 30.3 Å². The summed E-state index contributed by atoms with van der Waals surface area (Å²) in [5.41, 5.74) is 1.21. The van der Waals surface area contributed by atoms with Crippen LogP contribution in [0.5, 0.6) is 0 Å². The molecule has 2 amide bonds. The van der Waals surface area contributed by atoms with E-state index in [2.05, 4.69) is 34.2 Å². The van der Waals surface area contributed by atoms with E-state index in [1.54, 1.807) is 0 Å². The van der Waals surface area contributed by atoms with Gasteiger partial charge in [-0.1, -0.05) is 49.6 Å². The minimum Gasteiger partial charge on any atom is -0.355 e. The van der Waals surface area contributed by atoms with Crippen molar-refractivity contribution in [3.05, 3.63) is 35.9 Å². The van der Waals surface area contributed by atoms with Crippen molar-refractivity contribution in [2.45, 2.75) is 83.2 Å². The van der Waals surface area contributed by atoms with Gasteiger partial charge < -0.3 is 15.1 Å². The number of nitrogens with one attached hydrogen (secondary N) is 1. The van der Waals surface area contributed by atoms with Gasteiger partial charge in [0.05, 0.1) is 6.04 Å². The second-order valence-electron chi connectivity index (χ2n) is 10.9. The van der Waals surface area contributed by atoms with Crippen LogP contribution in [0.4, 0.5) is 0 Å². The Morgan fingerprint density at radius 1 is 0.943 bits per heavy atom. The number of amides is 2. The summed E-state index contributed by atoms with van der Waals surface area (Å²) in [6.45, 7) is 8.46. The van der Waals surface area contributed by atoms with Gasteiger partial charge in [0, 0.05) is 51.7 Å². The van der Waals surface area contributed by atoms with Crippen molar-refractivity contribution in [3.63, 3.8) is 0 Å². The third kappa shape index (κ3) is 7.53. The van der Waals surface area contributed by atoms with Crippen LogP contribution in [0, 0.1) is 5.92 Å². The van der Waals surface area contributed by atoms with Crippen LogP contribution in [0.1, 0.15) is 70.3 Å². The van der Waals surface area contributed by atoms with E-state index < -0.39 is 0 Å². The first-order chi connectivity index (χ1) is 17.1. The van der Waals surface area contributed by atoms with Gasteiger partial charge in [0.1, 0.15) is 0 Å². The third-order valence-electron chi connectivity index (χ3n) is 8.51. The highest BCUT2D eigenvalue weighted by Crippen LogP contribution is 2.31. The Morgan fingerprint density at radius 2 is 1.66 bits per heavy atom. The van der Waals surface area contributed by atoms with Gasteiger partial charge >= 0.3 is 0 Å². The van der Waals surface area contributed by atoms with E-state index in [1.165, 1.54) is 44.2 Å². The van der Waals surface area contributed by atoms with Gasteiger partial charge in [-0.2, -0.15) is 0 Å². The first kappa shape index (κ1) is 26.2. The lowest BCUT2D eigenvalue weighted by atomic mass is 9.95. The van der Waals surface area contributed by atoms with Gasteiger partial charge in [-0.25, -0.2) is 0 Å². The Morgan fingerprint density at radius 3 is 2.37 bits per heavy atom. The number of benzene rings is 1. The molecule has 0 aromatic heterocycles. The van der Waals surface area contributed by atoms with Crippen LogP contribution in [0.3, 0.4) is 0 Å². The van der Waals surface area contributed by atoms with Crippen molar-refractivity contribution in [3.8, 4) is 0 Å². The highest BCUT2D eigenvalue weighted by Gasteiger charge is 2.37. The highest BCUT2D eigenvalue weighted by atomic mass is 16.2. The maximum atomic E-state index is 13.4. The van der Waals surface area contributed by atoms with Gasteiger partial charge in [-0.05, 0) is 63.5 Å². The van der Waals surface area contributed by atoms with Crippen molar-refractivity contribution in [1.82, 2.24) is 20.0 Å². The zero-order chi connectivity index (χ0) is 24.5. The van der Waals surface area contributed by atoms with Crippen molar-refractivity contribution in [2.24, 2.45) is 5.92 Å². The molecule has 3 aliphatic rings. The number of rotatable bonds is 10. The number of hydrogen-bond acceptors (Lipinski definition) is 4. The fraction of sp³-hybridized carbons (Fsp3) is 0.724. The second kappa shape index (κ2) is 13.4. The molecule has 2 aliphatic heterocycles. The summed E-state index contributed by atoms with van der Waals surface area (Å²) in [6, 6.07) is 10.9. The lowest BCUT2D eigenvalue weighted by Crippen LogP contribution is -2.58. The summed E-state index contributed by atoms with van der Waals surface area (Å²) in [7, 11) is 0. The Balaban J connectivity index is 1.23. The maximum absolute atomic E-state index is 13.4. The molecule has 35 heavy (non-hydrogen) atoms. The third-order valence-corrected chi connectivity index (χ3v) is 8.51. The quantitative estimate of drug-likeness (QED) is 0.517. The average molecular weight is 483 g/mol. The predicted molar refractivity (Wildman–Crippen MR) is 141 cm³/mol. The number of piperazine rings is 1. The van der Waals surface area contributed by atoms with E-state index in [4.69, 9.17) is 0 Å². The zero-order valence-corrected chi connectivity index (χ0v) is 21.8. The van der Waals surface area contributed by atoms with Crippen LogP contribution >= 0.6 is 0 Å². The summed E-state index contributed by atoms with van der Waals surface area (Å²) in [6.07, 6.45) is 11.1. The molecule has 0 radical (unpaired) electrons. The molecule has 1 aromatic rings.